The molecule has 27 heavy (non-hydrogen) atoms. The first-order valence-corrected chi connectivity index (χ1v) is 9.17. The Bertz CT molecular complexity index is 790. The number of methoxy groups -OCH3 is 1. The molecule has 0 fully saturated rings. The highest BCUT2D eigenvalue weighted by Gasteiger charge is 2.20. The zero-order valence-corrected chi connectivity index (χ0v) is 15.5. The third-order valence-electron chi connectivity index (χ3n) is 4.56. The first-order valence-electron chi connectivity index (χ1n) is 9.17. The fourth-order valence-corrected chi connectivity index (χ4v) is 3.17. The number of hydrogen-bond acceptors (Lipinski definition) is 4. The van der Waals surface area contributed by atoms with E-state index in [4.69, 9.17) is 4.74 Å². The lowest BCUT2D eigenvalue weighted by molar-refractivity contribution is -0.115. The van der Waals surface area contributed by atoms with Crippen molar-refractivity contribution in [1.29, 1.82) is 0 Å². The summed E-state index contributed by atoms with van der Waals surface area (Å²) < 4.78 is 4.95. The Hall–Kier alpha value is -2.86. The third-order valence-corrected chi connectivity index (χ3v) is 4.56. The van der Waals surface area contributed by atoms with Gasteiger partial charge in [0.1, 0.15) is 0 Å². The Balaban J connectivity index is 1.49. The molecule has 0 aromatic heterocycles. The first kappa shape index (κ1) is 18.9. The van der Waals surface area contributed by atoms with Gasteiger partial charge in [-0.25, -0.2) is 0 Å². The summed E-state index contributed by atoms with van der Waals surface area (Å²) >= 11 is 0. The van der Waals surface area contributed by atoms with Crippen LogP contribution in [0, 0.1) is 0 Å². The molecule has 3 rings (SSSR count). The Morgan fingerprint density at radius 2 is 1.89 bits per heavy atom. The molecule has 0 unspecified atom stereocenters. The number of anilines is 2. The molecule has 0 saturated heterocycles. The Kier molecular flexibility index (Phi) is 6.44. The summed E-state index contributed by atoms with van der Waals surface area (Å²) in [4.78, 5) is 26.5. The minimum Gasteiger partial charge on any atom is -0.385 e. The van der Waals surface area contributed by atoms with E-state index in [1.165, 1.54) is 5.56 Å². The molecule has 0 saturated carbocycles. The fourth-order valence-electron chi connectivity index (χ4n) is 3.17. The van der Waals surface area contributed by atoms with Gasteiger partial charge >= 0.3 is 0 Å². The van der Waals surface area contributed by atoms with Gasteiger partial charge in [-0.1, -0.05) is 18.2 Å². The first-order chi connectivity index (χ1) is 13.2. The van der Waals surface area contributed by atoms with E-state index in [2.05, 4.69) is 27.7 Å². The van der Waals surface area contributed by atoms with E-state index in [1.807, 2.05) is 12.1 Å². The lowest BCUT2D eigenvalue weighted by Gasteiger charge is -2.18. The van der Waals surface area contributed by atoms with Crippen molar-refractivity contribution in [3.63, 3.8) is 0 Å². The molecule has 142 valence electrons. The molecule has 2 aromatic carbocycles. The monoisotopic (exact) mass is 367 g/mol. The number of benzene rings is 2. The largest absolute Gasteiger partial charge is 0.385 e. The van der Waals surface area contributed by atoms with Crippen molar-refractivity contribution in [3.05, 3.63) is 59.7 Å². The number of amides is 2. The van der Waals surface area contributed by atoms with Crippen LogP contribution in [0.15, 0.2) is 48.5 Å². The standard InChI is InChI=1S/C21H25N3O3/c1-27-14-4-12-22-21(26)17-7-9-18(10-8-17)23-20(25)15-24-13-11-16-5-2-3-6-19(16)24/h2-3,5-10H,4,11-15H2,1H3,(H,22,26)(H,23,25). The summed E-state index contributed by atoms with van der Waals surface area (Å²) in [6, 6.07) is 15.1. The topological polar surface area (TPSA) is 70.7 Å². The minimum atomic E-state index is -0.127. The normalized spacial score (nSPS) is 12.6. The lowest BCUT2D eigenvalue weighted by Crippen LogP contribution is -2.31. The molecule has 0 aliphatic carbocycles. The van der Waals surface area contributed by atoms with E-state index in [-0.39, 0.29) is 11.8 Å². The van der Waals surface area contributed by atoms with Gasteiger partial charge in [0.15, 0.2) is 0 Å². The van der Waals surface area contributed by atoms with Crippen LogP contribution in [0.5, 0.6) is 0 Å². The Labute approximate surface area is 159 Å². The van der Waals surface area contributed by atoms with Gasteiger partial charge < -0.3 is 20.3 Å². The van der Waals surface area contributed by atoms with Crippen molar-refractivity contribution < 1.29 is 14.3 Å². The smallest absolute Gasteiger partial charge is 0.251 e. The second-order valence-electron chi connectivity index (χ2n) is 6.53. The molecular weight excluding hydrogens is 342 g/mol. The van der Waals surface area contributed by atoms with E-state index in [1.54, 1.807) is 31.4 Å². The Morgan fingerprint density at radius 1 is 1.11 bits per heavy atom. The summed E-state index contributed by atoms with van der Waals surface area (Å²) in [6.07, 6.45) is 1.74. The number of fused-ring (bicyclic) bond motifs is 1. The predicted molar refractivity (Wildman–Crippen MR) is 106 cm³/mol. The number of carbonyl (C=O) groups excluding carboxylic acids is 2. The van der Waals surface area contributed by atoms with Gasteiger partial charge in [0.25, 0.3) is 5.91 Å². The number of carbonyl (C=O) groups is 2. The van der Waals surface area contributed by atoms with Gasteiger partial charge in [-0.2, -0.15) is 0 Å². The average Bonchev–Trinajstić information content (AvgIpc) is 3.08. The summed E-state index contributed by atoms with van der Waals surface area (Å²) in [7, 11) is 1.64. The highest BCUT2D eigenvalue weighted by molar-refractivity contribution is 5.97. The number of para-hydroxylation sites is 1. The zero-order valence-electron chi connectivity index (χ0n) is 15.5. The van der Waals surface area contributed by atoms with Crippen LogP contribution in [0.25, 0.3) is 0 Å². The molecular formula is C21H25N3O3. The lowest BCUT2D eigenvalue weighted by atomic mass is 10.2. The maximum atomic E-state index is 12.4. The SMILES string of the molecule is COCCCNC(=O)c1ccc(NC(=O)CN2CCc3ccccc32)cc1. The quantitative estimate of drug-likeness (QED) is 0.703. The van der Waals surface area contributed by atoms with E-state index in [9.17, 15) is 9.59 Å². The maximum absolute atomic E-state index is 12.4. The van der Waals surface area contributed by atoms with E-state index in [0.29, 0.717) is 30.9 Å². The van der Waals surface area contributed by atoms with Crippen LogP contribution >= 0.6 is 0 Å². The molecule has 1 aliphatic heterocycles. The molecule has 0 radical (unpaired) electrons. The van der Waals surface area contributed by atoms with E-state index in [0.717, 1.165) is 25.1 Å². The number of hydrogen-bond donors (Lipinski definition) is 2. The van der Waals surface area contributed by atoms with Crippen LogP contribution in [0.3, 0.4) is 0 Å². The summed E-state index contributed by atoms with van der Waals surface area (Å²) in [6.45, 7) is 2.36. The summed E-state index contributed by atoms with van der Waals surface area (Å²) in [5, 5.41) is 5.74. The number of nitrogens with one attached hydrogen (secondary N) is 2. The molecule has 2 N–H and O–H groups in total. The molecule has 2 aromatic rings. The number of rotatable bonds is 8. The fraction of sp³-hybridized carbons (Fsp3) is 0.333. The predicted octanol–water partition coefficient (Wildman–Crippen LogP) is 2.45. The van der Waals surface area contributed by atoms with Gasteiger partial charge in [-0.15, -0.1) is 0 Å². The van der Waals surface area contributed by atoms with Crippen molar-refractivity contribution in [2.75, 3.05) is 43.6 Å². The van der Waals surface area contributed by atoms with Gasteiger partial charge in [0, 0.05) is 43.7 Å². The van der Waals surface area contributed by atoms with Crippen molar-refractivity contribution in [2.45, 2.75) is 12.8 Å². The average molecular weight is 367 g/mol. The zero-order chi connectivity index (χ0) is 19.1. The van der Waals surface area contributed by atoms with E-state index < -0.39 is 0 Å². The van der Waals surface area contributed by atoms with Crippen LogP contribution in [0.4, 0.5) is 11.4 Å². The minimum absolute atomic E-state index is 0.0662. The van der Waals surface area contributed by atoms with Crippen LogP contribution < -0.4 is 15.5 Å². The molecule has 6 nitrogen and oxygen atoms in total. The number of nitrogens with zero attached hydrogens (tertiary/aromatic N) is 1. The van der Waals surface area contributed by atoms with Crippen LogP contribution in [-0.4, -0.2) is 45.2 Å². The Morgan fingerprint density at radius 3 is 2.67 bits per heavy atom. The highest BCUT2D eigenvalue weighted by Crippen LogP contribution is 2.27. The molecule has 1 heterocycles. The van der Waals surface area contributed by atoms with Gasteiger partial charge in [-0.05, 0) is 48.7 Å². The summed E-state index contributed by atoms with van der Waals surface area (Å²) in [5.41, 5.74) is 3.67. The molecule has 6 heteroatoms. The van der Waals surface area contributed by atoms with Gasteiger partial charge in [0.2, 0.25) is 5.91 Å². The third kappa shape index (κ3) is 5.08. The van der Waals surface area contributed by atoms with E-state index >= 15 is 0 Å². The van der Waals surface area contributed by atoms with Gasteiger partial charge in [0.05, 0.1) is 6.54 Å². The van der Waals surface area contributed by atoms with Crippen molar-refractivity contribution in [3.8, 4) is 0 Å². The van der Waals surface area contributed by atoms with Crippen molar-refractivity contribution in [2.24, 2.45) is 0 Å². The molecule has 2 amide bonds. The van der Waals surface area contributed by atoms with Gasteiger partial charge in [-0.3, -0.25) is 9.59 Å². The van der Waals surface area contributed by atoms with Crippen LogP contribution in [-0.2, 0) is 16.0 Å². The van der Waals surface area contributed by atoms with Crippen molar-refractivity contribution >= 4 is 23.2 Å². The second-order valence-corrected chi connectivity index (χ2v) is 6.53. The molecule has 1 aliphatic rings. The van der Waals surface area contributed by atoms with Crippen LogP contribution in [0.2, 0.25) is 0 Å². The van der Waals surface area contributed by atoms with Crippen LogP contribution in [0.1, 0.15) is 22.3 Å². The molecule has 0 bridgehead atoms. The molecule has 0 atom stereocenters. The van der Waals surface area contributed by atoms with Crippen molar-refractivity contribution in [1.82, 2.24) is 5.32 Å². The molecule has 0 spiro atoms. The number of ether oxygens (including phenoxy) is 1. The maximum Gasteiger partial charge on any atom is 0.251 e. The highest BCUT2D eigenvalue weighted by atomic mass is 16.5. The summed E-state index contributed by atoms with van der Waals surface area (Å²) in [5.74, 6) is -0.193. The second kappa shape index (κ2) is 9.19.